The van der Waals surface area contributed by atoms with Crippen LogP contribution < -0.4 is 5.73 Å². The van der Waals surface area contributed by atoms with Crippen molar-refractivity contribution in [1.82, 2.24) is 0 Å². The van der Waals surface area contributed by atoms with E-state index >= 15 is 0 Å². The van der Waals surface area contributed by atoms with Crippen molar-refractivity contribution in [2.75, 3.05) is 5.73 Å². The van der Waals surface area contributed by atoms with Crippen molar-refractivity contribution in [2.45, 2.75) is 17.6 Å². The van der Waals surface area contributed by atoms with E-state index in [0.717, 1.165) is 5.56 Å². The molecule has 0 fully saturated rings. The molecule has 0 aliphatic rings. The number of nitrogen functional groups attached to an aromatic ring is 1. The first kappa shape index (κ1) is 15.5. The maximum absolute atomic E-state index is 12.4. The molecule has 7 heteroatoms. The number of hydrogen-bond donors (Lipinski definition) is 1. The molecule has 0 amide bonds. The van der Waals surface area contributed by atoms with E-state index in [0.29, 0.717) is 21.2 Å². The summed E-state index contributed by atoms with van der Waals surface area (Å²) < 4.78 is 12.4. The standard InChI is InChI=1S/C14H13ClN2O3S/c1-9-6-12(3-4-13(9)16)21(20)8-10-7-11(15)2-5-14(10)17(18)19/h2-7H,8,16H2,1H3. The normalized spacial score (nSPS) is 12.1. The molecule has 110 valence electrons. The third-order valence-electron chi connectivity index (χ3n) is 3.03. The van der Waals surface area contributed by atoms with Crippen LogP contribution in [0.4, 0.5) is 11.4 Å². The molecular formula is C14H13ClN2O3S. The smallest absolute Gasteiger partial charge is 0.273 e. The monoisotopic (exact) mass is 324 g/mol. The highest BCUT2D eigenvalue weighted by Gasteiger charge is 2.17. The van der Waals surface area contributed by atoms with Crippen LogP contribution in [0.3, 0.4) is 0 Å². The van der Waals surface area contributed by atoms with E-state index in [-0.39, 0.29) is 11.4 Å². The van der Waals surface area contributed by atoms with Crippen LogP contribution in [-0.4, -0.2) is 9.13 Å². The fourth-order valence-corrected chi connectivity index (χ4v) is 3.27. The van der Waals surface area contributed by atoms with Gasteiger partial charge in [0.15, 0.2) is 0 Å². The maximum Gasteiger partial charge on any atom is 0.273 e. The zero-order valence-electron chi connectivity index (χ0n) is 11.2. The minimum Gasteiger partial charge on any atom is -0.399 e. The van der Waals surface area contributed by atoms with Gasteiger partial charge in [-0.2, -0.15) is 0 Å². The Kier molecular flexibility index (Phi) is 4.59. The fourth-order valence-electron chi connectivity index (χ4n) is 1.86. The second-order valence-electron chi connectivity index (χ2n) is 4.54. The van der Waals surface area contributed by atoms with Gasteiger partial charge in [0.1, 0.15) is 0 Å². The first-order valence-electron chi connectivity index (χ1n) is 6.06. The Hall–Kier alpha value is -1.92. The molecule has 21 heavy (non-hydrogen) atoms. The zero-order chi connectivity index (χ0) is 15.6. The van der Waals surface area contributed by atoms with Gasteiger partial charge in [0.05, 0.1) is 21.5 Å². The molecule has 5 nitrogen and oxygen atoms in total. The molecule has 0 heterocycles. The Labute approximate surface area is 129 Å². The van der Waals surface area contributed by atoms with Gasteiger partial charge in [-0.1, -0.05) is 11.6 Å². The van der Waals surface area contributed by atoms with Gasteiger partial charge in [-0.15, -0.1) is 0 Å². The molecule has 2 rings (SSSR count). The number of nitrogens with zero attached hydrogens (tertiary/aromatic N) is 1. The van der Waals surface area contributed by atoms with Crippen LogP contribution in [0.25, 0.3) is 0 Å². The highest BCUT2D eigenvalue weighted by atomic mass is 35.5. The Balaban J connectivity index is 2.33. The summed E-state index contributed by atoms with van der Waals surface area (Å²) in [6.45, 7) is 1.82. The third kappa shape index (κ3) is 3.59. The molecule has 0 spiro atoms. The van der Waals surface area contributed by atoms with Crippen LogP contribution in [0.5, 0.6) is 0 Å². The first-order chi connectivity index (χ1) is 9.88. The van der Waals surface area contributed by atoms with Crippen molar-refractivity contribution < 1.29 is 9.13 Å². The number of benzene rings is 2. The SMILES string of the molecule is Cc1cc(S(=O)Cc2cc(Cl)ccc2[N+](=O)[O-])ccc1N. The summed E-state index contributed by atoms with van der Waals surface area (Å²) in [4.78, 5) is 11.1. The summed E-state index contributed by atoms with van der Waals surface area (Å²) in [5.74, 6) is 0.0280. The van der Waals surface area contributed by atoms with Crippen LogP contribution in [0.15, 0.2) is 41.3 Å². The summed E-state index contributed by atoms with van der Waals surface area (Å²) in [5, 5.41) is 11.4. The molecule has 0 saturated carbocycles. The van der Waals surface area contributed by atoms with Gasteiger partial charge >= 0.3 is 0 Å². The van der Waals surface area contributed by atoms with E-state index in [1.807, 2.05) is 6.92 Å². The quantitative estimate of drug-likeness (QED) is 0.530. The van der Waals surface area contributed by atoms with E-state index in [4.69, 9.17) is 17.3 Å². The van der Waals surface area contributed by atoms with Crippen LogP contribution in [-0.2, 0) is 16.6 Å². The van der Waals surface area contributed by atoms with Gasteiger partial charge < -0.3 is 5.73 Å². The van der Waals surface area contributed by atoms with Crippen molar-refractivity contribution in [3.05, 3.63) is 62.7 Å². The van der Waals surface area contributed by atoms with Gasteiger partial charge in [0.2, 0.25) is 0 Å². The zero-order valence-corrected chi connectivity index (χ0v) is 12.8. The van der Waals surface area contributed by atoms with E-state index in [2.05, 4.69) is 0 Å². The average Bonchev–Trinajstić information content (AvgIpc) is 2.41. The number of aryl methyl sites for hydroxylation is 1. The molecule has 0 saturated heterocycles. The molecule has 1 atom stereocenters. The number of rotatable bonds is 4. The lowest BCUT2D eigenvalue weighted by Gasteiger charge is -2.06. The average molecular weight is 325 g/mol. The Morgan fingerprint density at radius 2 is 2.00 bits per heavy atom. The molecule has 0 bridgehead atoms. The molecular weight excluding hydrogens is 312 g/mol. The number of nitro benzene ring substituents is 1. The van der Waals surface area contributed by atoms with Crippen LogP contribution >= 0.6 is 11.6 Å². The molecule has 1 unspecified atom stereocenters. The van der Waals surface area contributed by atoms with Crippen LogP contribution in [0.2, 0.25) is 5.02 Å². The first-order valence-corrected chi connectivity index (χ1v) is 7.75. The largest absolute Gasteiger partial charge is 0.399 e. The van der Waals surface area contributed by atoms with E-state index in [9.17, 15) is 14.3 Å². The predicted molar refractivity (Wildman–Crippen MR) is 83.8 cm³/mol. The summed E-state index contributed by atoms with van der Waals surface area (Å²) in [5.41, 5.74) is 7.42. The molecule has 2 aromatic carbocycles. The van der Waals surface area contributed by atoms with Gasteiger partial charge in [-0.3, -0.25) is 14.3 Å². The highest BCUT2D eigenvalue weighted by Crippen LogP contribution is 2.26. The number of anilines is 1. The lowest BCUT2D eigenvalue weighted by atomic mass is 10.2. The number of halogens is 1. The lowest BCUT2D eigenvalue weighted by molar-refractivity contribution is -0.385. The molecule has 2 N–H and O–H groups in total. The lowest BCUT2D eigenvalue weighted by Crippen LogP contribution is -2.02. The van der Waals surface area contributed by atoms with Gasteiger partial charge in [0, 0.05) is 27.2 Å². The number of nitrogens with two attached hydrogens (primary N) is 1. The Morgan fingerprint density at radius 1 is 1.29 bits per heavy atom. The van der Waals surface area contributed by atoms with Crippen molar-refractivity contribution in [1.29, 1.82) is 0 Å². The van der Waals surface area contributed by atoms with Gasteiger partial charge in [-0.25, -0.2) is 0 Å². The van der Waals surface area contributed by atoms with E-state index in [1.165, 1.54) is 18.2 Å². The maximum atomic E-state index is 12.4. The minimum absolute atomic E-state index is 0.0280. The molecule has 2 aromatic rings. The molecule has 0 aromatic heterocycles. The second-order valence-corrected chi connectivity index (χ2v) is 6.43. The summed E-state index contributed by atoms with van der Waals surface area (Å²) in [6.07, 6.45) is 0. The van der Waals surface area contributed by atoms with Crippen molar-refractivity contribution in [2.24, 2.45) is 0 Å². The van der Waals surface area contributed by atoms with Gasteiger partial charge in [-0.05, 0) is 42.8 Å². The van der Waals surface area contributed by atoms with Crippen molar-refractivity contribution >= 4 is 33.8 Å². The third-order valence-corrected chi connectivity index (χ3v) is 4.62. The fraction of sp³-hybridized carbons (Fsp3) is 0.143. The van der Waals surface area contributed by atoms with E-state index < -0.39 is 15.7 Å². The molecule has 0 aliphatic carbocycles. The highest BCUT2D eigenvalue weighted by molar-refractivity contribution is 7.84. The summed E-state index contributed by atoms with van der Waals surface area (Å²) >= 11 is 5.86. The summed E-state index contributed by atoms with van der Waals surface area (Å²) in [6, 6.07) is 9.30. The van der Waals surface area contributed by atoms with Crippen LogP contribution in [0, 0.1) is 17.0 Å². The Morgan fingerprint density at radius 3 is 2.62 bits per heavy atom. The van der Waals surface area contributed by atoms with E-state index in [1.54, 1.807) is 18.2 Å². The predicted octanol–water partition coefficient (Wildman–Crippen LogP) is 3.45. The van der Waals surface area contributed by atoms with Gasteiger partial charge in [0.25, 0.3) is 5.69 Å². The molecule has 0 aliphatic heterocycles. The summed E-state index contributed by atoms with van der Waals surface area (Å²) in [7, 11) is -1.41. The number of nitro groups is 1. The van der Waals surface area contributed by atoms with Crippen molar-refractivity contribution in [3.8, 4) is 0 Å². The number of hydrogen-bond acceptors (Lipinski definition) is 4. The van der Waals surface area contributed by atoms with Crippen LogP contribution in [0.1, 0.15) is 11.1 Å². The molecule has 0 radical (unpaired) electrons. The second kappa shape index (κ2) is 6.24. The van der Waals surface area contributed by atoms with Crippen molar-refractivity contribution in [3.63, 3.8) is 0 Å². The topological polar surface area (TPSA) is 86.2 Å². The minimum atomic E-state index is -1.41. The Bertz CT molecular complexity index is 734.